The standard InChI is InChI=1S/C18H13F4N3O3/c1-9(26)2-3-14(27)16-15(28)7-13(25-17(16)23-8-24-25)10-4-11(18(20,21)22)6-12(19)5-10/h4-8,27H,2-3H2,1H3. The predicted octanol–water partition coefficient (Wildman–Crippen LogP) is 2.67. The quantitative estimate of drug-likeness (QED) is 0.687. The fourth-order valence-corrected chi connectivity index (χ4v) is 2.75. The van der Waals surface area contributed by atoms with Crippen LogP contribution in [0.25, 0.3) is 22.7 Å². The van der Waals surface area contributed by atoms with E-state index in [2.05, 4.69) is 10.1 Å². The van der Waals surface area contributed by atoms with E-state index in [1.807, 2.05) is 0 Å². The maximum absolute atomic E-state index is 13.8. The zero-order valence-corrected chi connectivity index (χ0v) is 14.4. The van der Waals surface area contributed by atoms with Crippen LogP contribution in [-0.4, -0.2) is 25.5 Å². The first-order chi connectivity index (χ1) is 13.1. The van der Waals surface area contributed by atoms with Crippen LogP contribution in [0.4, 0.5) is 17.6 Å². The van der Waals surface area contributed by atoms with Gasteiger partial charge in [0.15, 0.2) is 11.1 Å². The van der Waals surface area contributed by atoms with E-state index >= 15 is 0 Å². The van der Waals surface area contributed by atoms with E-state index in [0.29, 0.717) is 12.1 Å². The first-order valence-electron chi connectivity index (χ1n) is 8.04. The van der Waals surface area contributed by atoms with Crippen LogP contribution in [0.3, 0.4) is 0 Å². The molecular weight excluding hydrogens is 382 g/mol. The maximum atomic E-state index is 13.8. The third kappa shape index (κ3) is 3.71. The molecule has 28 heavy (non-hydrogen) atoms. The first-order valence-corrected chi connectivity index (χ1v) is 8.04. The van der Waals surface area contributed by atoms with E-state index in [-0.39, 0.29) is 46.5 Å². The molecule has 0 fully saturated rings. The van der Waals surface area contributed by atoms with Gasteiger partial charge in [-0.25, -0.2) is 13.9 Å². The van der Waals surface area contributed by atoms with Gasteiger partial charge in [0.05, 0.1) is 11.3 Å². The molecule has 0 bridgehead atoms. The molecule has 0 saturated carbocycles. The second-order valence-electron chi connectivity index (χ2n) is 6.14. The third-order valence-corrected chi connectivity index (χ3v) is 4.04. The molecule has 10 heteroatoms. The molecule has 3 aromatic rings. The lowest BCUT2D eigenvalue weighted by Gasteiger charge is -2.10. The smallest absolute Gasteiger partial charge is 0.416 e. The van der Waals surface area contributed by atoms with Crippen molar-refractivity contribution in [1.29, 1.82) is 0 Å². The molecule has 0 saturated heterocycles. The maximum Gasteiger partial charge on any atom is 0.416 e. The van der Waals surface area contributed by atoms with Gasteiger partial charge in [0.2, 0.25) is 0 Å². The highest BCUT2D eigenvalue weighted by atomic mass is 19.4. The molecule has 0 radical (unpaired) electrons. The molecule has 0 aliphatic heterocycles. The number of aliphatic hydroxyl groups excluding tert-OH is 1. The summed E-state index contributed by atoms with van der Waals surface area (Å²) in [6, 6.07) is 2.81. The molecule has 1 N–H and O–H groups in total. The van der Waals surface area contributed by atoms with Gasteiger partial charge in [-0.1, -0.05) is 0 Å². The van der Waals surface area contributed by atoms with E-state index < -0.39 is 23.0 Å². The first kappa shape index (κ1) is 19.5. The number of hydrogen-bond acceptors (Lipinski definition) is 5. The molecule has 2 aromatic heterocycles. The molecule has 0 aliphatic rings. The summed E-state index contributed by atoms with van der Waals surface area (Å²) in [6.07, 6.45) is -3.85. The van der Waals surface area contributed by atoms with Gasteiger partial charge in [0, 0.05) is 24.5 Å². The van der Waals surface area contributed by atoms with Crippen molar-refractivity contribution in [1.82, 2.24) is 14.6 Å². The molecule has 0 unspecified atom stereocenters. The molecule has 146 valence electrons. The summed E-state index contributed by atoms with van der Waals surface area (Å²) in [7, 11) is 0. The number of aliphatic hydroxyl groups is 1. The zero-order valence-electron chi connectivity index (χ0n) is 14.4. The van der Waals surface area contributed by atoms with Crippen LogP contribution in [0.1, 0.15) is 25.3 Å². The van der Waals surface area contributed by atoms with Crippen LogP contribution in [0.15, 0.2) is 35.4 Å². The highest BCUT2D eigenvalue weighted by molar-refractivity contribution is 5.76. The van der Waals surface area contributed by atoms with Crippen molar-refractivity contribution in [2.45, 2.75) is 25.9 Å². The number of Topliss-reactive ketones (excluding diaryl/α,β-unsaturated/α-hetero) is 1. The van der Waals surface area contributed by atoms with E-state index in [0.717, 1.165) is 23.0 Å². The van der Waals surface area contributed by atoms with Gasteiger partial charge >= 0.3 is 6.18 Å². The molecular formula is C18H13F4N3O3. The average Bonchev–Trinajstić information content (AvgIpc) is 3.06. The highest BCUT2D eigenvalue weighted by Gasteiger charge is 2.31. The summed E-state index contributed by atoms with van der Waals surface area (Å²) >= 11 is 0. The molecule has 3 rings (SSSR count). The van der Waals surface area contributed by atoms with Crippen LogP contribution in [0.2, 0.25) is 0 Å². The Morgan fingerprint density at radius 1 is 1.18 bits per heavy atom. The van der Waals surface area contributed by atoms with Crippen LogP contribution in [0, 0.1) is 5.82 Å². The number of halogens is 4. The number of nitrogens with zero attached hydrogens (tertiary/aromatic N) is 3. The second kappa shape index (κ2) is 7.02. The van der Waals surface area contributed by atoms with Crippen LogP contribution >= 0.6 is 0 Å². The Hall–Kier alpha value is -3.30. The lowest BCUT2D eigenvalue weighted by Crippen LogP contribution is -2.30. The highest BCUT2D eigenvalue weighted by Crippen LogP contribution is 2.32. The SMILES string of the molecule is CC(=O)CCC(O)=c1c(=O)cc(-c2cc(F)cc(C(F)(F)F)c2)n2ncnc12. The fraction of sp³-hybridized carbons (Fsp3) is 0.222. The van der Waals surface area contributed by atoms with Crippen molar-refractivity contribution in [3.05, 3.63) is 57.4 Å². The number of fused-ring (bicyclic) bond motifs is 1. The topological polar surface area (TPSA) is 84.6 Å². The van der Waals surface area contributed by atoms with Gasteiger partial charge in [-0.05, 0) is 25.1 Å². The van der Waals surface area contributed by atoms with Gasteiger partial charge in [-0.2, -0.15) is 18.3 Å². The van der Waals surface area contributed by atoms with Gasteiger partial charge in [-0.3, -0.25) is 4.79 Å². The summed E-state index contributed by atoms with van der Waals surface area (Å²) in [5.74, 6) is -1.72. The molecule has 0 spiro atoms. The van der Waals surface area contributed by atoms with Crippen molar-refractivity contribution < 1.29 is 27.5 Å². The minimum absolute atomic E-state index is 0.00778. The largest absolute Gasteiger partial charge is 0.511 e. The van der Waals surface area contributed by atoms with Crippen LogP contribution < -0.4 is 10.6 Å². The fourth-order valence-electron chi connectivity index (χ4n) is 2.75. The van der Waals surface area contributed by atoms with Crippen molar-refractivity contribution in [3.8, 4) is 11.3 Å². The van der Waals surface area contributed by atoms with Gasteiger partial charge in [0.25, 0.3) is 0 Å². The van der Waals surface area contributed by atoms with Crippen LogP contribution in [0.5, 0.6) is 0 Å². The lowest BCUT2D eigenvalue weighted by atomic mass is 10.1. The lowest BCUT2D eigenvalue weighted by molar-refractivity contribution is -0.137. The van der Waals surface area contributed by atoms with Crippen molar-refractivity contribution in [2.24, 2.45) is 0 Å². The number of benzene rings is 1. The number of ketones is 1. The van der Waals surface area contributed by atoms with E-state index in [1.54, 1.807) is 0 Å². The summed E-state index contributed by atoms with van der Waals surface area (Å²) in [5.41, 5.74) is -2.42. The average molecular weight is 395 g/mol. The predicted molar refractivity (Wildman–Crippen MR) is 90.8 cm³/mol. The Morgan fingerprint density at radius 3 is 2.54 bits per heavy atom. The van der Waals surface area contributed by atoms with Gasteiger partial charge in [-0.15, -0.1) is 0 Å². The minimum Gasteiger partial charge on any atom is -0.511 e. The van der Waals surface area contributed by atoms with Crippen molar-refractivity contribution >= 4 is 17.2 Å². The number of pyridine rings is 1. The van der Waals surface area contributed by atoms with Gasteiger partial charge in [0.1, 0.15) is 28.9 Å². The Kier molecular flexibility index (Phi) is 4.88. The Balaban J connectivity index is 2.27. The number of aromatic nitrogens is 3. The number of hydrogen-bond donors (Lipinski definition) is 1. The van der Waals surface area contributed by atoms with Crippen molar-refractivity contribution in [2.75, 3.05) is 0 Å². The molecule has 2 heterocycles. The second-order valence-corrected chi connectivity index (χ2v) is 6.14. The zero-order chi connectivity index (χ0) is 20.6. The number of rotatable bonds is 4. The summed E-state index contributed by atoms with van der Waals surface area (Å²) < 4.78 is 53.8. The molecule has 6 nitrogen and oxygen atoms in total. The number of carbonyl (C=O) groups is 1. The number of carbonyl (C=O) groups excluding carboxylic acids is 1. The normalized spacial score (nSPS) is 13.0. The Morgan fingerprint density at radius 2 is 1.89 bits per heavy atom. The molecule has 0 amide bonds. The third-order valence-electron chi connectivity index (χ3n) is 4.04. The van der Waals surface area contributed by atoms with Crippen molar-refractivity contribution in [3.63, 3.8) is 0 Å². The Bertz CT molecular complexity index is 1190. The molecule has 0 aliphatic carbocycles. The van der Waals surface area contributed by atoms with E-state index in [9.17, 15) is 32.3 Å². The monoisotopic (exact) mass is 395 g/mol. The summed E-state index contributed by atoms with van der Waals surface area (Å²) in [6.45, 7) is 1.32. The molecule has 1 aromatic carbocycles. The summed E-state index contributed by atoms with van der Waals surface area (Å²) in [5, 5.41) is 13.9. The van der Waals surface area contributed by atoms with E-state index in [4.69, 9.17) is 0 Å². The summed E-state index contributed by atoms with van der Waals surface area (Å²) in [4.78, 5) is 27.5. The van der Waals surface area contributed by atoms with Gasteiger partial charge < -0.3 is 9.90 Å². The Labute approximate surface area is 154 Å². The minimum atomic E-state index is -4.78. The number of alkyl halides is 3. The van der Waals surface area contributed by atoms with E-state index in [1.165, 1.54) is 6.92 Å². The van der Waals surface area contributed by atoms with Crippen LogP contribution in [-0.2, 0) is 11.0 Å². The molecule has 0 atom stereocenters.